The van der Waals surface area contributed by atoms with Gasteiger partial charge in [0.15, 0.2) is 175 Å². The van der Waals surface area contributed by atoms with E-state index in [4.69, 9.17) is 4.43 Å². The number of aromatic amines is 1. The van der Waals surface area contributed by atoms with E-state index in [2.05, 4.69) is 60.8 Å². The van der Waals surface area contributed by atoms with Gasteiger partial charge in [-0.3, -0.25) is 0 Å². The molecule has 0 spiro atoms. The van der Waals surface area contributed by atoms with E-state index >= 15 is 0 Å². The number of rotatable bonds is 19. The van der Waals surface area contributed by atoms with Crippen molar-refractivity contribution in [2.24, 2.45) is 0 Å². The van der Waals surface area contributed by atoms with E-state index in [1.54, 1.807) is 0 Å². The Morgan fingerprint density at radius 3 is 0.737 bits per heavy atom. The maximum Gasteiger partial charge on any atom is 0.265 e. The molecule has 8 aromatic rings. The molecular formula is C59H38B2F30N2OSi. The van der Waals surface area contributed by atoms with Gasteiger partial charge in [0.2, 0.25) is 8.32 Å². The lowest BCUT2D eigenvalue weighted by Crippen LogP contribution is -2.60. The van der Waals surface area contributed by atoms with Crippen LogP contribution in [0.15, 0.2) is 30.5 Å². The van der Waals surface area contributed by atoms with Crippen molar-refractivity contribution in [3.63, 3.8) is 0 Å². The minimum absolute atomic E-state index is 0.965. The lowest BCUT2D eigenvalue weighted by atomic mass is 9.36. The molecule has 0 atom stereocenters. The number of hydrogen-bond acceptors (Lipinski definition) is 2. The van der Waals surface area contributed by atoms with Crippen LogP contribution in [0.25, 0.3) is 11.3 Å². The van der Waals surface area contributed by atoms with Gasteiger partial charge < -0.3 is 9.41 Å². The predicted octanol–water partition coefficient (Wildman–Crippen LogP) is 15.9. The zero-order chi connectivity index (χ0) is 71.5. The Labute approximate surface area is 518 Å². The molecule has 1 N–H and O–H groups in total. The van der Waals surface area contributed by atoms with Gasteiger partial charge in [0.05, 0.1) is 11.9 Å². The maximum absolute atomic E-state index is 14.4. The van der Waals surface area contributed by atoms with Crippen molar-refractivity contribution in [3.05, 3.63) is 211 Å². The van der Waals surface area contributed by atoms with Crippen LogP contribution in [0, 0.1) is 175 Å². The molecule has 0 amide bonds. The van der Waals surface area contributed by atoms with Crippen molar-refractivity contribution < 1.29 is 136 Å². The molecule has 0 unspecified atom stereocenters. The summed E-state index contributed by atoms with van der Waals surface area (Å²) in [7, 11) is -1.54. The fourth-order valence-electron chi connectivity index (χ4n) is 9.41. The summed E-state index contributed by atoms with van der Waals surface area (Å²) < 4.78 is 423. The number of hydrogen-bond donors (Lipinski definition) is 1. The molecule has 8 rings (SSSR count). The SMILES string of the molecule is CCCCCCCCCCCc1ncc(-c2ccc(O[Si](C)(C)C)cc2)[nH]1.Fc1c(F)c(F)c(B(c2c(F)c(F)c(F)c(F)c2F)c2c(F)c(F)c(F)c(F)c2F)c(F)c1F.Fc1c(F)c(F)c(B(c2c(F)c(F)c(F)c(F)c2F)c2c(F)c(F)c(F)c(F)c2F)c(F)c1F. The standard InChI is InChI=1S/C23H38N2OSi.2C18BF15/c1-5-6-7-8-9-10-11-12-13-14-23-24-19-22(25-23)20-15-17-21(18-16-20)26-27(2,3)4;2*20-4-1(5(21)11(27)16(32)10(4)26)19(2-6(22)12(28)17(33)13(29)7(2)23)3-8(24)14(30)18(34)15(31)9(3)25/h15-19H,5-14H2,1-4H3,(H,24,25);;. The minimum atomic E-state index is -3.96. The van der Waals surface area contributed by atoms with Gasteiger partial charge in [-0.2, -0.15) is 0 Å². The van der Waals surface area contributed by atoms with Crippen LogP contribution in [0.5, 0.6) is 5.75 Å². The van der Waals surface area contributed by atoms with Crippen LogP contribution >= 0.6 is 0 Å². The molecule has 0 fully saturated rings. The molecule has 0 aliphatic carbocycles. The lowest BCUT2D eigenvalue weighted by molar-refractivity contribution is 0.380. The fourth-order valence-corrected chi connectivity index (χ4v) is 10.3. The average molecular weight is 1410 g/mol. The number of imidazole rings is 1. The van der Waals surface area contributed by atoms with Crippen LogP contribution in [-0.2, 0) is 6.42 Å². The summed E-state index contributed by atoms with van der Waals surface area (Å²) in [6, 6.07) is 8.36. The number of nitrogens with zero attached hydrogens (tertiary/aromatic N) is 1. The highest BCUT2D eigenvalue weighted by Gasteiger charge is 2.47. The van der Waals surface area contributed by atoms with Crippen molar-refractivity contribution in [3.8, 4) is 17.0 Å². The van der Waals surface area contributed by atoms with Gasteiger partial charge in [0, 0.05) is 39.2 Å². The first-order chi connectivity index (χ1) is 44.3. The summed E-state index contributed by atoms with van der Waals surface area (Å²) in [6.45, 7) is 0.966. The van der Waals surface area contributed by atoms with Crippen molar-refractivity contribution in [2.75, 3.05) is 0 Å². The zero-order valence-corrected chi connectivity index (χ0v) is 49.3. The number of halogens is 30. The first kappa shape index (κ1) is 75.8. The van der Waals surface area contributed by atoms with E-state index < -0.39 is 229 Å². The molecule has 1 heterocycles. The third-order valence-electron chi connectivity index (χ3n) is 13.9. The molecule has 95 heavy (non-hydrogen) atoms. The van der Waals surface area contributed by atoms with Crippen LogP contribution < -0.4 is 37.2 Å². The predicted molar refractivity (Wildman–Crippen MR) is 286 cm³/mol. The molecule has 0 aliphatic rings. The Bertz CT molecular complexity index is 3510. The third-order valence-corrected chi connectivity index (χ3v) is 14.8. The average Bonchev–Trinajstić information content (AvgIpc) is 1.55. The van der Waals surface area contributed by atoms with Gasteiger partial charge in [0.25, 0.3) is 13.4 Å². The molecule has 0 radical (unpaired) electrons. The Morgan fingerprint density at radius 1 is 0.305 bits per heavy atom. The van der Waals surface area contributed by atoms with Gasteiger partial charge in [-0.25, -0.2) is 137 Å². The largest absolute Gasteiger partial charge is 0.544 e. The summed E-state index contributed by atoms with van der Waals surface area (Å²) in [4.78, 5) is 8.04. The van der Waals surface area contributed by atoms with E-state index in [-0.39, 0.29) is 0 Å². The highest BCUT2D eigenvalue weighted by atomic mass is 28.4. The second-order valence-electron chi connectivity index (χ2n) is 21.3. The highest BCUT2D eigenvalue weighted by Crippen LogP contribution is 2.29. The quantitative estimate of drug-likeness (QED) is 0.0288. The molecule has 36 heteroatoms. The van der Waals surface area contributed by atoms with E-state index in [1.807, 2.05) is 6.20 Å². The molecule has 1 aromatic heterocycles. The summed E-state index contributed by atoms with van der Waals surface area (Å²) in [5.41, 5.74) is -13.8. The number of nitrogens with one attached hydrogen (secondary N) is 1. The first-order valence-corrected chi connectivity index (χ1v) is 30.6. The van der Waals surface area contributed by atoms with Crippen LogP contribution in [0.4, 0.5) is 132 Å². The van der Waals surface area contributed by atoms with E-state index in [0.717, 1.165) is 23.7 Å². The number of benzene rings is 7. The fraction of sp³-hybridized carbons (Fsp3) is 0.237. The van der Waals surface area contributed by atoms with Gasteiger partial charge in [-0.05, 0) is 55.9 Å². The Morgan fingerprint density at radius 2 is 0.516 bits per heavy atom. The van der Waals surface area contributed by atoms with Crippen LogP contribution in [0.1, 0.15) is 70.5 Å². The topological polar surface area (TPSA) is 37.9 Å². The number of aryl methyl sites for hydroxylation is 1. The number of H-pyrrole nitrogens is 1. The highest BCUT2D eigenvalue weighted by molar-refractivity contribution is 6.96. The van der Waals surface area contributed by atoms with Gasteiger partial charge >= 0.3 is 0 Å². The van der Waals surface area contributed by atoms with Crippen molar-refractivity contribution >= 4 is 54.5 Å². The Balaban J connectivity index is 0.000000227. The third kappa shape index (κ3) is 15.2. The van der Waals surface area contributed by atoms with E-state index in [0.29, 0.717) is 0 Å². The maximum atomic E-state index is 14.4. The molecular weight excluding hydrogens is 1370 g/mol. The van der Waals surface area contributed by atoms with Crippen molar-refractivity contribution in [2.45, 2.75) is 90.8 Å². The summed E-state index contributed by atoms with van der Waals surface area (Å²) in [6.07, 6.45) is 15.3. The first-order valence-electron chi connectivity index (χ1n) is 27.2. The Hall–Kier alpha value is -8.20. The lowest BCUT2D eigenvalue weighted by Gasteiger charge is -2.21. The molecule has 0 saturated carbocycles. The smallest absolute Gasteiger partial charge is 0.265 e. The van der Waals surface area contributed by atoms with Crippen LogP contribution in [0.2, 0.25) is 19.6 Å². The van der Waals surface area contributed by atoms with Crippen molar-refractivity contribution in [1.29, 1.82) is 0 Å². The second kappa shape index (κ2) is 30.7. The van der Waals surface area contributed by atoms with Gasteiger partial charge in [-0.15, -0.1) is 0 Å². The van der Waals surface area contributed by atoms with Gasteiger partial charge in [0.1, 0.15) is 11.6 Å². The summed E-state index contributed by atoms with van der Waals surface area (Å²) in [5.74, 6) is -88.4. The number of aromatic nitrogens is 2. The molecule has 0 saturated heterocycles. The zero-order valence-electron chi connectivity index (χ0n) is 48.3. The van der Waals surface area contributed by atoms with Crippen LogP contribution in [0.3, 0.4) is 0 Å². The minimum Gasteiger partial charge on any atom is -0.544 e. The number of unbranched alkanes of at least 4 members (excludes halogenated alkanes) is 8. The van der Waals surface area contributed by atoms with Crippen molar-refractivity contribution in [1.82, 2.24) is 9.97 Å². The normalized spacial score (nSPS) is 11.5. The molecule has 510 valence electrons. The molecule has 7 aromatic carbocycles. The molecule has 0 bridgehead atoms. The summed E-state index contributed by atoms with van der Waals surface area (Å²) >= 11 is 0. The van der Waals surface area contributed by atoms with E-state index in [1.165, 1.54) is 63.4 Å². The molecule has 0 aliphatic heterocycles. The molecule has 3 nitrogen and oxygen atoms in total. The summed E-state index contributed by atoms with van der Waals surface area (Å²) in [5, 5.41) is 0. The second-order valence-corrected chi connectivity index (χ2v) is 25.8. The Kier molecular flexibility index (Phi) is 24.5. The van der Waals surface area contributed by atoms with Crippen LogP contribution in [-0.4, -0.2) is 31.7 Å². The monoisotopic (exact) mass is 1410 g/mol. The van der Waals surface area contributed by atoms with Gasteiger partial charge in [-0.1, -0.05) is 58.3 Å². The van der Waals surface area contributed by atoms with E-state index in [9.17, 15) is 132 Å².